The maximum atomic E-state index is 13.4. The fraction of sp³-hybridized carbons (Fsp3) is 0.0556. The molecule has 0 saturated heterocycles. The van der Waals surface area contributed by atoms with Gasteiger partial charge in [0.25, 0.3) is 5.91 Å². The van der Waals surface area contributed by atoms with Gasteiger partial charge in [0, 0.05) is 12.2 Å². The summed E-state index contributed by atoms with van der Waals surface area (Å²) in [5, 5.41) is 2.31. The number of ether oxygens (including phenoxy) is 1. The van der Waals surface area contributed by atoms with Crippen LogP contribution in [0.3, 0.4) is 0 Å². The third kappa shape index (κ3) is 4.29. The van der Waals surface area contributed by atoms with E-state index in [4.69, 9.17) is 9.15 Å². The molecule has 0 aliphatic heterocycles. The third-order valence-electron chi connectivity index (χ3n) is 3.17. The summed E-state index contributed by atoms with van der Waals surface area (Å²) in [5.74, 6) is -1.72. The van der Waals surface area contributed by atoms with E-state index in [2.05, 4.69) is 10.3 Å². The van der Waals surface area contributed by atoms with Gasteiger partial charge in [0.05, 0.1) is 5.69 Å². The lowest BCUT2D eigenvalue weighted by Crippen LogP contribution is -2.20. The molecule has 0 radical (unpaired) electrons. The third-order valence-corrected chi connectivity index (χ3v) is 3.17. The molecule has 0 fully saturated rings. The molecule has 2 aromatic carbocycles. The topological polar surface area (TPSA) is 81.4 Å². The number of hydrogen-bond acceptors (Lipinski definition) is 5. The Morgan fingerprint density at radius 2 is 1.92 bits per heavy atom. The summed E-state index contributed by atoms with van der Waals surface area (Å²) in [5.41, 5.74) is 1.28. The van der Waals surface area contributed by atoms with E-state index in [0.29, 0.717) is 11.1 Å². The molecule has 0 aliphatic rings. The van der Waals surface area contributed by atoms with Gasteiger partial charge in [0.15, 0.2) is 12.2 Å². The molecule has 1 N–H and O–H groups in total. The van der Waals surface area contributed by atoms with Crippen LogP contribution in [0.5, 0.6) is 0 Å². The van der Waals surface area contributed by atoms with Gasteiger partial charge in [0.2, 0.25) is 5.89 Å². The van der Waals surface area contributed by atoms with E-state index in [1.165, 1.54) is 24.3 Å². The van der Waals surface area contributed by atoms with Crippen molar-refractivity contribution in [2.24, 2.45) is 0 Å². The first-order chi connectivity index (χ1) is 12.1. The number of anilines is 1. The Balaban J connectivity index is 1.52. The highest BCUT2D eigenvalue weighted by Gasteiger charge is 2.09. The van der Waals surface area contributed by atoms with Crippen LogP contribution in [-0.2, 0) is 14.3 Å². The first kappa shape index (κ1) is 16.4. The quantitative estimate of drug-likeness (QED) is 0.570. The van der Waals surface area contributed by atoms with Crippen molar-refractivity contribution in [3.8, 4) is 0 Å². The van der Waals surface area contributed by atoms with E-state index in [9.17, 15) is 14.0 Å². The lowest BCUT2D eigenvalue weighted by molar-refractivity contribution is -0.142. The number of nitrogens with zero attached hydrogens (tertiary/aromatic N) is 1. The minimum Gasteiger partial charge on any atom is -0.452 e. The molecular formula is C18H13FN2O4. The number of amides is 1. The Labute approximate surface area is 141 Å². The molecule has 3 rings (SSSR count). The van der Waals surface area contributed by atoms with Gasteiger partial charge >= 0.3 is 5.97 Å². The van der Waals surface area contributed by atoms with Gasteiger partial charge in [-0.25, -0.2) is 14.2 Å². The van der Waals surface area contributed by atoms with Gasteiger partial charge in [-0.05, 0) is 24.3 Å². The minimum absolute atomic E-state index is 0.0190. The standard InChI is InChI=1S/C18H13FN2O4/c19-12-5-1-2-6-13(12)20-16(22)11-24-18(23)10-9-17-21-14-7-3-4-8-15(14)25-17/h1-10H,11H2,(H,20,22)/b10-9+. The molecule has 0 unspecified atom stereocenters. The second-order valence-electron chi connectivity index (χ2n) is 4.99. The summed E-state index contributed by atoms with van der Waals surface area (Å²) < 4.78 is 23.6. The Morgan fingerprint density at radius 3 is 2.72 bits per heavy atom. The molecule has 3 aromatic rings. The van der Waals surface area contributed by atoms with E-state index < -0.39 is 24.3 Å². The molecule has 0 saturated carbocycles. The normalized spacial score (nSPS) is 10.9. The fourth-order valence-corrected chi connectivity index (χ4v) is 2.03. The zero-order valence-electron chi connectivity index (χ0n) is 12.9. The maximum Gasteiger partial charge on any atom is 0.331 e. The van der Waals surface area contributed by atoms with Crippen molar-refractivity contribution in [3.63, 3.8) is 0 Å². The second-order valence-corrected chi connectivity index (χ2v) is 4.99. The van der Waals surface area contributed by atoms with Crippen LogP contribution in [-0.4, -0.2) is 23.5 Å². The lowest BCUT2D eigenvalue weighted by atomic mass is 10.3. The first-order valence-corrected chi connectivity index (χ1v) is 7.36. The number of halogens is 1. The van der Waals surface area contributed by atoms with Gasteiger partial charge < -0.3 is 14.5 Å². The van der Waals surface area contributed by atoms with Crippen molar-refractivity contribution in [2.45, 2.75) is 0 Å². The minimum atomic E-state index is -0.745. The largest absolute Gasteiger partial charge is 0.452 e. The van der Waals surface area contributed by atoms with Crippen LogP contribution in [0.1, 0.15) is 5.89 Å². The molecule has 126 valence electrons. The number of nitrogens with one attached hydrogen (secondary N) is 1. The molecular weight excluding hydrogens is 327 g/mol. The molecule has 6 nitrogen and oxygen atoms in total. The monoisotopic (exact) mass is 340 g/mol. The van der Waals surface area contributed by atoms with Crippen LogP contribution in [0.25, 0.3) is 17.2 Å². The van der Waals surface area contributed by atoms with Crippen molar-refractivity contribution in [2.75, 3.05) is 11.9 Å². The van der Waals surface area contributed by atoms with Crippen LogP contribution in [0.15, 0.2) is 59.0 Å². The lowest BCUT2D eigenvalue weighted by Gasteiger charge is -2.05. The maximum absolute atomic E-state index is 13.4. The van der Waals surface area contributed by atoms with Gasteiger partial charge in [0.1, 0.15) is 11.3 Å². The molecule has 25 heavy (non-hydrogen) atoms. The number of aromatic nitrogens is 1. The number of fused-ring (bicyclic) bond motifs is 1. The molecule has 0 aliphatic carbocycles. The Morgan fingerprint density at radius 1 is 1.16 bits per heavy atom. The van der Waals surface area contributed by atoms with E-state index in [1.807, 2.05) is 12.1 Å². The summed E-state index contributed by atoms with van der Waals surface area (Å²) in [6.07, 6.45) is 2.44. The number of para-hydroxylation sites is 3. The van der Waals surface area contributed by atoms with Gasteiger partial charge in [-0.2, -0.15) is 0 Å². The molecule has 1 aromatic heterocycles. The van der Waals surface area contributed by atoms with Gasteiger partial charge in [-0.3, -0.25) is 4.79 Å². The highest BCUT2D eigenvalue weighted by Crippen LogP contribution is 2.15. The first-order valence-electron chi connectivity index (χ1n) is 7.36. The van der Waals surface area contributed by atoms with E-state index in [0.717, 1.165) is 6.08 Å². The van der Waals surface area contributed by atoms with Gasteiger partial charge in [-0.15, -0.1) is 0 Å². The number of carbonyl (C=O) groups is 2. The zero-order valence-corrected chi connectivity index (χ0v) is 12.9. The van der Waals surface area contributed by atoms with Crippen molar-refractivity contribution >= 4 is 34.7 Å². The summed E-state index contributed by atoms with van der Waals surface area (Å²) >= 11 is 0. The zero-order chi connectivity index (χ0) is 17.6. The predicted octanol–water partition coefficient (Wildman–Crippen LogP) is 3.16. The number of benzene rings is 2. The number of oxazole rings is 1. The number of esters is 1. The fourth-order valence-electron chi connectivity index (χ4n) is 2.03. The Bertz CT molecular complexity index is 916. The van der Waals surface area contributed by atoms with E-state index in [1.54, 1.807) is 18.2 Å². The summed E-state index contributed by atoms with van der Waals surface area (Å²) in [6, 6.07) is 12.9. The Kier molecular flexibility index (Phi) is 4.84. The summed E-state index contributed by atoms with van der Waals surface area (Å²) in [7, 11) is 0. The van der Waals surface area contributed by atoms with E-state index in [-0.39, 0.29) is 11.6 Å². The van der Waals surface area contributed by atoms with Crippen molar-refractivity contribution in [1.82, 2.24) is 4.98 Å². The molecule has 1 amide bonds. The second kappa shape index (κ2) is 7.39. The van der Waals surface area contributed by atoms with Crippen molar-refractivity contribution in [3.05, 3.63) is 66.3 Å². The Hall–Kier alpha value is -3.48. The number of hydrogen-bond donors (Lipinski definition) is 1. The predicted molar refractivity (Wildman–Crippen MR) is 89.0 cm³/mol. The van der Waals surface area contributed by atoms with Crippen LogP contribution in [0.4, 0.5) is 10.1 Å². The van der Waals surface area contributed by atoms with Crippen LogP contribution < -0.4 is 5.32 Å². The molecule has 1 heterocycles. The highest BCUT2D eigenvalue weighted by atomic mass is 19.1. The average molecular weight is 340 g/mol. The van der Waals surface area contributed by atoms with Crippen LogP contribution >= 0.6 is 0 Å². The number of rotatable bonds is 5. The molecule has 0 bridgehead atoms. The molecule has 0 atom stereocenters. The average Bonchev–Trinajstić information content (AvgIpc) is 3.03. The summed E-state index contributed by atoms with van der Waals surface area (Å²) in [4.78, 5) is 27.4. The van der Waals surface area contributed by atoms with Crippen molar-refractivity contribution in [1.29, 1.82) is 0 Å². The van der Waals surface area contributed by atoms with Gasteiger partial charge in [-0.1, -0.05) is 24.3 Å². The summed E-state index contributed by atoms with van der Waals surface area (Å²) in [6.45, 7) is -0.537. The molecule has 7 heteroatoms. The van der Waals surface area contributed by atoms with E-state index >= 15 is 0 Å². The number of carbonyl (C=O) groups excluding carboxylic acids is 2. The SMILES string of the molecule is O=C(COC(=O)/C=C/c1nc2ccccc2o1)Nc1ccccc1F. The van der Waals surface area contributed by atoms with Crippen LogP contribution in [0.2, 0.25) is 0 Å². The smallest absolute Gasteiger partial charge is 0.331 e. The van der Waals surface area contributed by atoms with Crippen LogP contribution in [0, 0.1) is 5.82 Å². The molecule has 0 spiro atoms. The van der Waals surface area contributed by atoms with Crippen molar-refractivity contribution < 1.29 is 23.1 Å². The highest BCUT2D eigenvalue weighted by molar-refractivity contribution is 5.94.